The highest BCUT2D eigenvalue weighted by Crippen LogP contribution is 2.42. The Balaban J connectivity index is 2.11. The zero-order valence-corrected chi connectivity index (χ0v) is 15.7. The molecule has 8 heteroatoms. The number of carbonyl (C=O) groups excluding carboxylic acids is 2. The first-order valence-electron chi connectivity index (χ1n) is 8.06. The number of hydrogen-bond donors (Lipinski definition) is 4. The van der Waals surface area contributed by atoms with E-state index in [0.29, 0.717) is 0 Å². The minimum atomic E-state index is -1.47. The van der Waals surface area contributed by atoms with Gasteiger partial charge in [-0.3, -0.25) is 9.59 Å². The van der Waals surface area contributed by atoms with E-state index in [0.717, 1.165) is 0 Å². The fourth-order valence-electron chi connectivity index (χ4n) is 3.08. The van der Waals surface area contributed by atoms with Crippen molar-refractivity contribution in [1.29, 1.82) is 0 Å². The Labute approximate surface area is 164 Å². The Bertz CT molecular complexity index is 965. The molecular weight excluding hydrogens is 395 g/mol. The van der Waals surface area contributed by atoms with Gasteiger partial charge in [0.15, 0.2) is 5.78 Å². The van der Waals surface area contributed by atoms with Crippen LogP contribution in [-0.2, 0) is 6.42 Å². The summed E-state index contributed by atoms with van der Waals surface area (Å²) >= 11 is 11.4. The molecule has 0 aromatic heterocycles. The number of alkyl halides is 2. The molecule has 2 aromatic rings. The Morgan fingerprint density at radius 2 is 1.67 bits per heavy atom. The van der Waals surface area contributed by atoms with Crippen LogP contribution in [0.15, 0.2) is 24.3 Å². The topological polar surface area (TPSA) is 115 Å². The lowest BCUT2D eigenvalue weighted by Crippen LogP contribution is -2.32. The van der Waals surface area contributed by atoms with Crippen LogP contribution >= 0.6 is 23.2 Å². The summed E-state index contributed by atoms with van der Waals surface area (Å²) in [5.74, 6) is -2.81. The third kappa shape index (κ3) is 3.14. The first kappa shape index (κ1) is 19.5. The molecule has 0 fully saturated rings. The van der Waals surface area contributed by atoms with E-state index in [1.807, 2.05) is 0 Å². The zero-order valence-electron chi connectivity index (χ0n) is 14.2. The lowest BCUT2D eigenvalue weighted by Gasteiger charge is -2.25. The molecule has 1 aliphatic rings. The van der Waals surface area contributed by atoms with Gasteiger partial charge in [0.1, 0.15) is 22.1 Å². The van der Waals surface area contributed by atoms with Gasteiger partial charge in [-0.1, -0.05) is 12.1 Å². The van der Waals surface area contributed by atoms with Gasteiger partial charge in [-0.15, -0.1) is 23.2 Å². The maximum Gasteiger partial charge on any atom is 0.202 e. The summed E-state index contributed by atoms with van der Waals surface area (Å²) in [6.45, 7) is 1.41. The van der Waals surface area contributed by atoms with E-state index in [2.05, 4.69) is 0 Å². The van der Waals surface area contributed by atoms with Gasteiger partial charge in [-0.25, -0.2) is 0 Å². The van der Waals surface area contributed by atoms with Gasteiger partial charge in [-0.05, 0) is 37.5 Å². The molecule has 4 N–H and O–H groups in total. The molecule has 6 nitrogen and oxygen atoms in total. The fourth-order valence-corrected chi connectivity index (χ4v) is 3.30. The van der Waals surface area contributed by atoms with Crippen LogP contribution in [0.3, 0.4) is 0 Å². The largest absolute Gasteiger partial charge is 0.507 e. The van der Waals surface area contributed by atoms with E-state index in [4.69, 9.17) is 23.2 Å². The smallest absolute Gasteiger partial charge is 0.202 e. The lowest BCUT2D eigenvalue weighted by atomic mass is 9.81. The fraction of sp³-hybridized carbons (Fsp3) is 0.263. The first-order valence-corrected chi connectivity index (χ1v) is 8.93. The molecule has 27 heavy (non-hydrogen) atoms. The van der Waals surface area contributed by atoms with Crippen molar-refractivity contribution in [1.82, 2.24) is 0 Å². The molecule has 1 aliphatic carbocycles. The van der Waals surface area contributed by atoms with Gasteiger partial charge in [-0.2, -0.15) is 0 Å². The third-order valence-electron chi connectivity index (χ3n) is 4.70. The van der Waals surface area contributed by atoms with Crippen molar-refractivity contribution in [2.24, 2.45) is 0 Å². The van der Waals surface area contributed by atoms with Crippen molar-refractivity contribution in [2.45, 2.75) is 30.2 Å². The van der Waals surface area contributed by atoms with Crippen molar-refractivity contribution in [3.8, 4) is 17.2 Å². The number of ketones is 2. The molecule has 142 valence electrons. The molecule has 0 bridgehead atoms. The van der Waals surface area contributed by atoms with Gasteiger partial charge in [0.05, 0.1) is 22.3 Å². The van der Waals surface area contributed by atoms with Gasteiger partial charge < -0.3 is 20.4 Å². The number of fused-ring (bicyclic) bond motifs is 2. The summed E-state index contributed by atoms with van der Waals surface area (Å²) in [5, 5.41) is 41.0. The van der Waals surface area contributed by atoms with Gasteiger partial charge in [0.2, 0.25) is 5.78 Å². The summed E-state index contributed by atoms with van der Waals surface area (Å²) in [4.78, 5) is 24.4. The molecule has 0 spiro atoms. The molecule has 0 amide bonds. The number of benzene rings is 2. The number of aryl methyl sites for hydroxylation is 1. The molecule has 0 heterocycles. The zero-order chi connectivity index (χ0) is 20.1. The minimum Gasteiger partial charge on any atom is -0.507 e. The number of aliphatic hydroxyl groups is 1. The Kier molecular flexibility index (Phi) is 4.84. The Morgan fingerprint density at radius 1 is 1.00 bits per heavy atom. The summed E-state index contributed by atoms with van der Waals surface area (Å²) in [7, 11) is 0. The van der Waals surface area contributed by atoms with E-state index in [1.54, 1.807) is 0 Å². The van der Waals surface area contributed by atoms with Gasteiger partial charge in [0, 0.05) is 5.56 Å². The van der Waals surface area contributed by atoms with Crippen molar-refractivity contribution in [2.75, 3.05) is 0 Å². The Morgan fingerprint density at radius 3 is 2.30 bits per heavy atom. The highest BCUT2D eigenvalue weighted by Gasteiger charge is 2.37. The molecule has 0 aliphatic heterocycles. The number of phenols is 3. The van der Waals surface area contributed by atoms with Crippen LogP contribution in [-0.4, -0.2) is 42.4 Å². The van der Waals surface area contributed by atoms with Crippen LogP contribution < -0.4 is 0 Å². The predicted octanol–water partition coefficient (Wildman–Crippen LogP) is 3.07. The predicted molar refractivity (Wildman–Crippen MR) is 99.2 cm³/mol. The number of halogens is 2. The molecule has 1 atom stereocenters. The van der Waals surface area contributed by atoms with E-state index in [9.17, 15) is 30.0 Å². The minimum absolute atomic E-state index is 0.0282. The second-order valence-corrected chi connectivity index (χ2v) is 7.77. The van der Waals surface area contributed by atoms with Crippen molar-refractivity contribution in [3.05, 3.63) is 52.1 Å². The second-order valence-electron chi connectivity index (χ2n) is 6.67. The third-order valence-corrected chi connectivity index (χ3v) is 5.64. The molecule has 0 radical (unpaired) electrons. The number of hydrogen-bond acceptors (Lipinski definition) is 6. The summed E-state index contributed by atoms with van der Waals surface area (Å²) < 4.78 is 0. The number of phenolic OH excluding ortho intramolecular Hbond substituents is 3. The summed E-state index contributed by atoms with van der Waals surface area (Å²) in [6.07, 6.45) is 0.0607. The SMILES string of the molecule is CC(O)(CCc1cc(O)c2c(c1O)C(=O)c1c(O)cccc1C2=O)C(Cl)Cl. The van der Waals surface area contributed by atoms with E-state index < -0.39 is 39.3 Å². The Hall–Kier alpha value is -2.28. The summed E-state index contributed by atoms with van der Waals surface area (Å²) in [6, 6.07) is 5.20. The van der Waals surface area contributed by atoms with Crippen LogP contribution in [0.1, 0.15) is 50.8 Å². The standard InChI is InChI=1S/C19H16Cl2O6/c1-19(27,18(20)21)6-5-8-7-11(23)13-14(15(8)24)17(26)12-9(16(13)25)3-2-4-10(12)22/h2-4,7,18,22-24,27H,5-6H2,1H3. The number of carbonyl (C=O) groups is 2. The average molecular weight is 411 g/mol. The highest BCUT2D eigenvalue weighted by molar-refractivity contribution is 6.45. The monoisotopic (exact) mass is 410 g/mol. The maximum absolute atomic E-state index is 12.8. The molecule has 3 rings (SSSR count). The van der Waals surface area contributed by atoms with Crippen LogP contribution in [0.5, 0.6) is 17.2 Å². The molecule has 0 saturated heterocycles. The van der Waals surface area contributed by atoms with Crippen LogP contribution in [0.25, 0.3) is 0 Å². The van der Waals surface area contributed by atoms with Crippen molar-refractivity contribution < 1.29 is 30.0 Å². The number of aromatic hydroxyl groups is 3. The average Bonchev–Trinajstić information content (AvgIpc) is 2.59. The van der Waals surface area contributed by atoms with E-state index >= 15 is 0 Å². The molecule has 2 aromatic carbocycles. The highest BCUT2D eigenvalue weighted by atomic mass is 35.5. The summed E-state index contributed by atoms with van der Waals surface area (Å²) in [5.41, 5.74) is -2.30. The van der Waals surface area contributed by atoms with E-state index in [1.165, 1.54) is 31.2 Å². The normalized spacial score (nSPS) is 15.4. The molecular formula is C19H16Cl2O6. The van der Waals surface area contributed by atoms with Crippen molar-refractivity contribution in [3.63, 3.8) is 0 Å². The quantitative estimate of drug-likeness (QED) is 0.388. The second kappa shape index (κ2) is 6.71. The van der Waals surface area contributed by atoms with Gasteiger partial charge in [0.25, 0.3) is 0 Å². The molecule has 0 saturated carbocycles. The first-order chi connectivity index (χ1) is 12.6. The van der Waals surface area contributed by atoms with Gasteiger partial charge >= 0.3 is 0 Å². The van der Waals surface area contributed by atoms with E-state index in [-0.39, 0.29) is 40.7 Å². The maximum atomic E-state index is 12.8. The molecule has 1 unspecified atom stereocenters. The number of rotatable bonds is 4. The van der Waals surface area contributed by atoms with Crippen LogP contribution in [0, 0.1) is 0 Å². The van der Waals surface area contributed by atoms with Crippen molar-refractivity contribution >= 4 is 34.8 Å². The van der Waals surface area contributed by atoms with Crippen LogP contribution in [0.4, 0.5) is 0 Å². The van der Waals surface area contributed by atoms with Crippen LogP contribution in [0.2, 0.25) is 0 Å². The lowest BCUT2D eigenvalue weighted by molar-refractivity contribution is 0.0650.